The van der Waals surface area contributed by atoms with Crippen molar-refractivity contribution in [2.75, 3.05) is 13.2 Å². The number of aryl methyl sites for hydroxylation is 1. The molecule has 4 aromatic rings. The molecular formula is C18H19N7O2. The van der Waals surface area contributed by atoms with E-state index in [-0.39, 0.29) is 12.5 Å². The van der Waals surface area contributed by atoms with E-state index in [4.69, 9.17) is 5.11 Å². The second-order valence-corrected chi connectivity index (χ2v) is 6.18. The fraction of sp³-hybridized carbons (Fsp3) is 0.278. The van der Waals surface area contributed by atoms with E-state index in [9.17, 15) is 4.79 Å². The molecule has 1 amide bonds. The maximum Gasteiger partial charge on any atom is 0.271 e. The van der Waals surface area contributed by atoms with Gasteiger partial charge in [0.05, 0.1) is 5.52 Å². The standard InChI is InChI=1S/C18H19N7O2/c26-9-6-13-11-20-17-10-15(22-25(17)12-13)18(27)19-7-3-8-24-16-5-2-1-4-14(16)21-23-24/h1-2,4-5,10-12,26H,3,6-9H2,(H,19,27). The number of nitrogens with one attached hydrogen (secondary N) is 1. The van der Waals surface area contributed by atoms with Crippen LogP contribution < -0.4 is 5.32 Å². The van der Waals surface area contributed by atoms with Gasteiger partial charge in [0, 0.05) is 38.2 Å². The molecule has 0 unspecified atom stereocenters. The van der Waals surface area contributed by atoms with Crippen molar-refractivity contribution in [2.24, 2.45) is 0 Å². The quantitative estimate of drug-likeness (QED) is 0.469. The second kappa shape index (κ2) is 7.50. The molecule has 4 rings (SSSR count). The van der Waals surface area contributed by atoms with Crippen LogP contribution in [0.15, 0.2) is 42.7 Å². The second-order valence-electron chi connectivity index (χ2n) is 6.18. The average molecular weight is 365 g/mol. The summed E-state index contributed by atoms with van der Waals surface area (Å²) in [6.07, 6.45) is 4.68. The largest absolute Gasteiger partial charge is 0.396 e. The molecule has 3 aromatic heterocycles. The van der Waals surface area contributed by atoms with E-state index < -0.39 is 0 Å². The van der Waals surface area contributed by atoms with Gasteiger partial charge in [0.15, 0.2) is 11.3 Å². The lowest BCUT2D eigenvalue weighted by Crippen LogP contribution is -2.25. The van der Waals surface area contributed by atoms with Crippen LogP contribution in [0.1, 0.15) is 22.5 Å². The summed E-state index contributed by atoms with van der Waals surface area (Å²) in [5, 5.41) is 24.4. The van der Waals surface area contributed by atoms with Gasteiger partial charge in [0.2, 0.25) is 0 Å². The molecule has 0 saturated carbocycles. The first kappa shape index (κ1) is 17.1. The van der Waals surface area contributed by atoms with Crippen LogP contribution in [-0.4, -0.2) is 53.8 Å². The molecular weight excluding hydrogens is 346 g/mol. The van der Waals surface area contributed by atoms with Gasteiger partial charge in [-0.2, -0.15) is 5.10 Å². The summed E-state index contributed by atoms with van der Waals surface area (Å²) in [7, 11) is 0. The summed E-state index contributed by atoms with van der Waals surface area (Å²) in [6, 6.07) is 9.42. The number of hydrogen-bond acceptors (Lipinski definition) is 6. The van der Waals surface area contributed by atoms with Gasteiger partial charge in [-0.05, 0) is 30.5 Å². The number of amides is 1. The van der Waals surface area contributed by atoms with Gasteiger partial charge in [0.25, 0.3) is 5.91 Å². The van der Waals surface area contributed by atoms with Gasteiger partial charge in [-0.3, -0.25) is 4.79 Å². The van der Waals surface area contributed by atoms with Crippen molar-refractivity contribution in [3.05, 3.63) is 54.0 Å². The fourth-order valence-corrected chi connectivity index (χ4v) is 2.89. The highest BCUT2D eigenvalue weighted by atomic mass is 16.3. The minimum atomic E-state index is -0.243. The number of hydrogen-bond donors (Lipinski definition) is 2. The van der Waals surface area contributed by atoms with Crippen LogP contribution in [0.2, 0.25) is 0 Å². The lowest BCUT2D eigenvalue weighted by atomic mass is 10.2. The number of fused-ring (bicyclic) bond motifs is 2. The first-order valence-corrected chi connectivity index (χ1v) is 8.76. The number of nitrogens with zero attached hydrogens (tertiary/aromatic N) is 6. The third-order valence-corrected chi connectivity index (χ3v) is 4.25. The monoisotopic (exact) mass is 365 g/mol. The maximum atomic E-state index is 12.3. The molecule has 27 heavy (non-hydrogen) atoms. The predicted octanol–water partition coefficient (Wildman–Crippen LogP) is 0.829. The number of carbonyl (C=O) groups excluding carboxylic acids is 1. The van der Waals surface area contributed by atoms with Crippen LogP contribution in [-0.2, 0) is 13.0 Å². The molecule has 3 heterocycles. The SMILES string of the molecule is O=C(NCCCn1nnc2ccccc21)c1cc2ncc(CCO)cn2n1. The van der Waals surface area contributed by atoms with E-state index in [2.05, 4.69) is 25.7 Å². The van der Waals surface area contributed by atoms with Crippen LogP contribution in [0, 0.1) is 0 Å². The van der Waals surface area contributed by atoms with Crippen molar-refractivity contribution < 1.29 is 9.90 Å². The number of aromatic nitrogens is 6. The molecule has 2 N–H and O–H groups in total. The first-order chi connectivity index (χ1) is 13.2. The number of aliphatic hydroxyl groups excluding tert-OH is 1. The topological polar surface area (TPSA) is 110 Å². The summed E-state index contributed by atoms with van der Waals surface area (Å²) in [6.45, 7) is 1.21. The Labute approximate surface area is 154 Å². The number of aliphatic hydroxyl groups is 1. The average Bonchev–Trinajstić information content (AvgIpc) is 3.29. The summed E-state index contributed by atoms with van der Waals surface area (Å²) >= 11 is 0. The number of benzene rings is 1. The third kappa shape index (κ3) is 3.63. The Hall–Kier alpha value is -3.33. The van der Waals surface area contributed by atoms with Crippen molar-refractivity contribution in [3.63, 3.8) is 0 Å². The van der Waals surface area contributed by atoms with Crippen LogP contribution in [0.3, 0.4) is 0 Å². The van der Waals surface area contributed by atoms with E-state index in [1.165, 1.54) is 0 Å². The molecule has 0 atom stereocenters. The highest BCUT2D eigenvalue weighted by Gasteiger charge is 2.11. The molecule has 1 aromatic carbocycles. The van der Waals surface area contributed by atoms with Gasteiger partial charge in [-0.25, -0.2) is 14.2 Å². The number of para-hydroxylation sites is 1. The normalized spacial score (nSPS) is 11.3. The van der Waals surface area contributed by atoms with E-state index in [0.717, 1.165) is 23.0 Å². The minimum Gasteiger partial charge on any atom is -0.396 e. The molecule has 0 spiro atoms. The van der Waals surface area contributed by atoms with Crippen molar-refractivity contribution in [3.8, 4) is 0 Å². The Kier molecular flexibility index (Phi) is 4.75. The van der Waals surface area contributed by atoms with Crippen LogP contribution >= 0.6 is 0 Å². The summed E-state index contributed by atoms with van der Waals surface area (Å²) in [5.74, 6) is -0.243. The predicted molar refractivity (Wildman–Crippen MR) is 98.3 cm³/mol. The van der Waals surface area contributed by atoms with Crippen LogP contribution in [0.25, 0.3) is 16.7 Å². The smallest absolute Gasteiger partial charge is 0.271 e. The van der Waals surface area contributed by atoms with Gasteiger partial charge in [0.1, 0.15) is 5.52 Å². The Morgan fingerprint density at radius 3 is 3.04 bits per heavy atom. The van der Waals surface area contributed by atoms with Crippen molar-refractivity contribution in [1.82, 2.24) is 34.9 Å². The molecule has 138 valence electrons. The fourth-order valence-electron chi connectivity index (χ4n) is 2.89. The molecule has 9 heteroatoms. The number of carbonyl (C=O) groups is 1. The molecule has 0 bridgehead atoms. The first-order valence-electron chi connectivity index (χ1n) is 8.76. The molecule has 0 aliphatic carbocycles. The molecule has 0 aliphatic rings. The van der Waals surface area contributed by atoms with Gasteiger partial charge in [-0.1, -0.05) is 17.3 Å². The van der Waals surface area contributed by atoms with E-state index in [1.54, 1.807) is 23.0 Å². The summed E-state index contributed by atoms with van der Waals surface area (Å²) < 4.78 is 3.39. The van der Waals surface area contributed by atoms with Crippen molar-refractivity contribution in [2.45, 2.75) is 19.4 Å². The van der Waals surface area contributed by atoms with E-state index >= 15 is 0 Å². The maximum absolute atomic E-state index is 12.3. The van der Waals surface area contributed by atoms with Gasteiger partial charge >= 0.3 is 0 Å². The lowest BCUT2D eigenvalue weighted by Gasteiger charge is -2.04. The highest BCUT2D eigenvalue weighted by Crippen LogP contribution is 2.10. The number of rotatable bonds is 7. The minimum absolute atomic E-state index is 0.0445. The third-order valence-electron chi connectivity index (χ3n) is 4.25. The Morgan fingerprint density at radius 1 is 1.26 bits per heavy atom. The molecule has 0 radical (unpaired) electrons. The van der Waals surface area contributed by atoms with Gasteiger partial charge in [-0.15, -0.1) is 5.10 Å². The summed E-state index contributed by atoms with van der Waals surface area (Å²) in [5.41, 5.74) is 3.61. The van der Waals surface area contributed by atoms with E-state index in [1.807, 2.05) is 28.9 Å². The Bertz CT molecular complexity index is 1090. The van der Waals surface area contributed by atoms with E-state index in [0.29, 0.717) is 30.9 Å². The molecule has 0 saturated heterocycles. The summed E-state index contributed by atoms with van der Waals surface area (Å²) in [4.78, 5) is 16.6. The Balaban J connectivity index is 1.34. The lowest BCUT2D eigenvalue weighted by molar-refractivity contribution is 0.0947. The van der Waals surface area contributed by atoms with Crippen LogP contribution in [0.5, 0.6) is 0 Å². The zero-order chi connectivity index (χ0) is 18.6. The zero-order valence-electron chi connectivity index (χ0n) is 14.6. The van der Waals surface area contributed by atoms with Crippen molar-refractivity contribution in [1.29, 1.82) is 0 Å². The molecule has 0 fully saturated rings. The van der Waals surface area contributed by atoms with Crippen molar-refractivity contribution >= 4 is 22.6 Å². The zero-order valence-corrected chi connectivity index (χ0v) is 14.6. The molecule has 0 aliphatic heterocycles. The highest BCUT2D eigenvalue weighted by molar-refractivity contribution is 5.93. The van der Waals surface area contributed by atoms with Gasteiger partial charge < -0.3 is 10.4 Å². The van der Waals surface area contributed by atoms with Crippen LogP contribution in [0.4, 0.5) is 0 Å². The molecule has 9 nitrogen and oxygen atoms in total. The Morgan fingerprint density at radius 2 is 2.15 bits per heavy atom.